The molecule has 3 heterocycles. The molecule has 3 aromatic heterocycles. The Morgan fingerprint density at radius 3 is 2.79 bits per heavy atom. The lowest BCUT2D eigenvalue weighted by Crippen LogP contribution is -2.31. The molecule has 1 N–H and O–H groups in total. The van der Waals surface area contributed by atoms with E-state index in [4.69, 9.17) is 4.84 Å². The summed E-state index contributed by atoms with van der Waals surface area (Å²) in [6.07, 6.45) is 8.73. The number of aromatic amines is 1. The average molecular weight is 385 g/mol. The van der Waals surface area contributed by atoms with Gasteiger partial charge in [0.1, 0.15) is 12.9 Å². The molecule has 0 saturated carbocycles. The molecule has 0 bridgehead atoms. The van der Waals surface area contributed by atoms with Crippen molar-refractivity contribution in [3.8, 4) is 22.4 Å². The Labute approximate surface area is 166 Å². The number of aromatic nitrogens is 3. The van der Waals surface area contributed by atoms with Crippen LogP contribution in [-0.4, -0.2) is 23.3 Å². The van der Waals surface area contributed by atoms with Gasteiger partial charge in [0.05, 0.1) is 17.5 Å². The van der Waals surface area contributed by atoms with Gasteiger partial charge in [-0.15, -0.1) is 0 Å². The van der Waals surface area contributed by atoms with Crippen LogP contribution in [0.4, 0.5) is 4.39 Å². The predicted octanol–water partition coefficient (Wildman–Crippen LogP) is 2.74. The Hall–Kier alpha value is -3.93. The summed E-state index contributed by atoms with van der Waals surface area (Å²) in [5, 5.41) is 6.29. The number of H-pyrrole nitrogens is 1. The molecule has 0 unspecified atom stereocenters. The Morgan fingerprint density at radius 1 is 1.10 bits per heavy atom. The molecular formula is C23H18FN4O+. The van der Waals surface area contributed by atoms with Crippen molar-refractivity contribution in [2.75, 3.05) is 7.11 Å². The molecule has 142 valence electrons. The second kappa shape index (κ2) is 7.98. The molecule has 1 aromatic carbocycles. The monoisotopic (exact) mass is 385 g/mol. The highest BCUT2D eigenvalue weighted by atomic mass is 19.1. The third-order valence-electron chi connectivity index (χ3n) is 4.55. The largest absolute Gasteiger partial charge is 0.399 e. The zero-order valence-electron chi connectivity index (χ0n) is 15.8. The highest BCUT2D eigenvalue weighted by molar-refractivity contribution is 5.97. The van der Waals surface area contributed by atoms with Crippen LogP contribution in [0.2, 0.25) is 0 Å². The van der Waals surface area contributed by atoms with Gasteiger partial charge in [-0.3, -0.25) is 0 Å². The van der Waals surface area contributed by atoms with Crippen molar-refractivity contribution in [2.45, 2.75) is 0 Å². The molecule has 4 aromatic rings. The highest BCUT2D eigenvalue weighted by Gasteiger charge is 2.15. The van der Waals surface area contributed by atoms with Gasteiger partial charge in [0.15, 0.2) is 18.0 Å². The first-order valence-electron chi connectivity index (χ1n) is 8.96. The number of nitrogens with zero attached hydrogens (tertiary/aromatic N) is 3. The Balaban J connectivity index is 2.07. The van der Waals surface area contributed by atoms with E-state index in [1.54, 1.807) is 36.8 Å². The summed E-state index contributed by atoms with van der Waals surface area (Å²) >= 11 is 0. The molecule has 0 aliphatic heterocycles. The molecule has 0 radical (unpaired) electrons. The number of benzene rings is 1. The summed E-state index contributed by atoms with van der Waals surface area (Å²) in [6.45, 7) is 4.10. The second-order valence-electron chi connectivity index (χ2n) is 6.32. The summed E-state index contributed by atoms with van der Waals surface area (Å²) < 4.78 is 14.4. The van der Waals surface area contributed by atoms with E-state index in [2.05, 4.69) is 26.7 Å². The fourth-order valence-electron chi connectivity index (χ4n) is 3.23. The molecule has 4 rings (SSSR count). The lowest BCUT2D eigenvalue weighted by atomic mass is 9.98. The fraction of sp³-hybridized carbons (Fsp3) is 0.0435. The van der Waals surface area contributed by atoms with Gasteiger partial charge in [0.25, 0.3) is 0 Å². The number of fused-ring (bicyclic) bond motifs is 1. The molecule has 0 amide bonds. The first-order valence-corrected chi connectivity index (χ1v) is 8.96. The summed E-state index contributed by atoms with van der Waals surface area (Å²) in [7, 11) is 1.48. The maximum absolute atomic E-state index is 14.4. The van der Waals surface area contributed by atoms with Crippen molar-refractivity contribution in [2.24, 2.45) is 5.16 Å². The van der Waals surface area contributed by atoms with E-state index >= 15 is 0 Å². The zero-order chi connectivity index (χ0) is 20.2. The minimum absolute atomic E-state index is 0.335. The van der Waals surface area contributed by atoms with Crippen LogP contribution in [0.25, 0.3) is 46.1 Å². The summed E-state index contributed by atoms with van der Waals surface area (Å²) in [5.41, 5.74) is 3.20. The van der Waals surface area contributed by atoms with E-state index in [1.165, 1.54) is 13.2 Å². The van der Waals surface area contributed by atoms with Gasteiger partial charge >= 0.3 is 0 Å². The first-order chi connectivity index (χ1) is 14.2. The Morgan fingerprint density at radius 2 is 1.97 bits per heavy atom. The minimum atomic E-state index is -0.335. The van der Waals surface area contributed by atoms with Crippen LogP contribution in [0.5, 0.6) is 0 Å². The molecule has 0 spiro atoms. The van der Waals surface area contributed by atoms with Crippen molar-refractivity contribution in [3.05, 3.63) is 77.3 Å². The zero-order valence-corrected chi connectivity index (χ0v) is 15.8. The third-order valence-corrected chi connectivity index (χ3v) is 4.55. The van der Waals surface area contributed by atoms with Gasteiger partial charge in [-0.25, -0.2) is 19.3 Å². The number of oxime groups is 1. The van der Waals surface area contributed by atoms with Gasteiger partial charge in [-0.2, -0.15) is 0 Å². The third kappa shape index (κ3) is 3.60. The van der Waals surface area contributed by atoms with Gasteiger partial charge < -0.3 is 4.84 Å². The number of rotatable bonds is 4. The molecule has 29 heavy (non-hydrogen) atoms. The smallest absolute Gasteiger partial charge is 0.175 e. The van der Waals surface area contributed by atoms with Crippen molar-refractivity contribution in [3.63, 3.8) is 0 Å². The van der Waals surface area contributed by atoms with Crippen LogP contribution in [0, 0.1) is 5.82 Å². The van der Waals surface area contributed by atoms with Gasteiger partial charge in [-0.1, -0.05) is 23.9 Å². The summed E-state index contributed by atoms with van der Waals surface area (Å²) in [6, 6.07) is 12.2. The van der Waals surface area contributed by atoms with Gasteiger partial charge in [0, 0.05) is 33.1 Å². The number of hydrogen-bond donors (Lipinski definition) is 0. The number of halogens is 1. The molecule has 0 saturated heterocycles. The molecule has 0 atom stereocenters. The lowest BCUT2D eigenvalue weighted by molar-refractivity contribution is -0.378. The van der Waals surface area contributed by atoms with E-state index in [-0.39, 0.29) is 5.82 Å². The minimum Gasteiger partial charge on any atom is -0.399 e. The van der Waals surface area contributed by atoms with E-state index in [0.29, 0.717) is 16.9 Å². The SMILES string of the molecule is C=c1c[nH+]cc(-c2cc(-c3ccccc3F)nc3ncccc23)/c1=C/C=N/OC. The lowest BCUT2D eigenvalue weighted by Gasteiger charge is -2.10. The predicted molar refractivity (Wildman–Crippen MR) is 112 cm³/mol. The topological polar surface area (TPSA) is 61.5 Å². The van der Waals surface area contributed by atoms with E-state index in [1.807, 2.05) is 30.5 Å². The van der Waals surface area contributed by atoms with Crippen LogP contribution in [0.1, 0.15) is 0 Å². The van der Waals surface area contributed by atoms with Crippen LogP contribution in [-0.2, 0) is 4.84 Å². The summed E-state index contributed by atoms with van der Waals surface area (Å²) in [5.74, 6) is -0.335. The van der Waals surface area contributed by atoms with Crippen molar-refractivity contribution in [1.82, 2.24) is 9.97 Å². The Bertz CT molecular complexity index is 1330. The van der Waals surface area contributed by atoms with Crippen molar-refractivity contribution in [1.29, 1.82) is 0 Å². The van der Waals surface area contributed by atoms with Crippen LogP contribution >= 0.6 is 0 Å². The van der Waals surface area contributed by atoms with Crippen LogP contribution in [0.3, 0.4) is 0 Å². The quantitative estimate of drug-likeness (QED) is 0.401. The molecular weight excluding hydrogens is 367 g/mol. The second-order valence-corrected chi connectivity index (χ2v) is 6.32. The Kier molecular flexibility index (Phi) is 5.07. The maximum atomic E-state index is 14.4. The molecule has 5 nitrogen and oxygen atoms in total. The molecule has 0 aliphatic rings. The van der Waals surface area contributed by atoms with Gasteiger partial charge in [0.2, 0.25) is 0 Å². The van der Waals surface area contributed by atoms with E-state index < -0.39 is 0 Å². The molecule has 6 heteroatoms. The highest BCUT2D eigenvalue weighted by Crippen LogP contribution is 2.30. The number of hydrogen-bond acceptors (Lipinski definition) is 4. The molecule has 0 fully saturated rings. The summed E-state index contributed by atoms with van der Waals surface area (Å²) in [4.78, 5) is 16.9. The fourth-order valence-corrected chi connectivity index (χ4v) is 3.23. The van der Waals surface area contributed by atoms with Gasteiger partial charge in [-0.05, 0) is 36.4 Å². The molecule has 0 aliphatic carbocycles. The van der Waals surface area contributed by atoms with Crippen LogP contribution < -0.4 is 15.4 Å². The van der Waals surface area contributed by atoms with Crippen LogP contribution in [0.15, 0.2) is 66.2 Å². The average Bonchev–Trinajstić information content (AvgIpc) is 2.74. The number of nitrogens with one attached hydrogen (secondary N) is 1. The number of pyridine rings is 3. The first kappa shape index (κ1) is 18.4. The standard InChI is InChI=1S/C23H17FN4O/c1-15-13-25-14-20(16(15)9-11-27-29-2)19-12-22(18-6-3-4-8-21(18)24)28-23-17(19)7-5-10-26-23/h3-14H,1H2,2H3/p+1/b16-9+,27-11+. The maximum Gasteiger partial charge on any atom is 0.175 e. The van der Waals surface area contributed by atoms with Crippen molar-refractivity contribution >= 4 is 29.9 Å². The van der Waals surface area contributed by atoms with Crippen molar-refractivity contribution < 1.29 is 14.2 Å². The van der Waals surface area contributed by atoms with E-state index in [9.17, 15) is 4.39 Å². The van der Waals surface area contributed by atoms with E-state index in [0.717, 1.165) is 27.0 Å². The normalized spacial score (nSPS) is 12.0.